The fraction of sp³-hybridized carbons (Fsp3) is 0.592. The molecule has 0 aromatic heterocycles. The molecule has 0 aliphatic heterocycles. The van der Waals surface area contributed by atoms with Crippen LogP contribution in [-0.4, -0.2) is 144 Å². The van der Waals surface area contributed by atoms with E-state index in [1.807, 2.05) is 25.2 Å². The highest BCUT2D eigenvalue weighted by Crippen LogP contribution is 2.36. The lowest BCUT2D eigenvalue weighted by Crippen LogP contribution is -2.43. The first kappa shape index (κ1) is 85.2. The Balaban J connectivity index is 0.000000598. The number of benzene rings is 5. The molecule has 0 bridgehead atoms. The third-order valence-electron chi connectivity index (χ3n) is 16.7. The Bertz CT molecular complexity index is 3020. The molecule has 4 amide bonds. The van der Waals surface area contributed by atoms with Gasteiger partial charge in [0, 0.05) is 51.0 Å². The van der Waals surface area contributed by atoms with E-state index in [0.717, 1.165) is 67.5 Å². The molecular formula is C76H121N9O9. The minimum Gasteiger partial charge on any atom is -0.354 e. The van der Waals surface area contributed by atoms with Crippen molar-refractivity contribution < 1.29 is 43.2 Å². The second-order valence-electron chi connectivity index (χ2n) is 25.5. The maximum Gasteiger partial charge on any atom is 0.251 e. The Labute approximate surface area is 564 Å². The topological polar surface area (TPSA) is 262 Å². The maximum atomic E-state index is 12.8. The minimum absolute atomic E-state index is 0.00295. The summed E-state index contributed by atoms with van der Waals surface area (Å²) in [6.07, 6.45) is 19.8. The summed E-state index contributed by atoms with van der Waals surface area (Å²) in [5.41, 5.74) is 3.34. The number of amides is 4. The molecule has 0 aliphatic rings. The van der Waals surface area contributed by atoms with Gasteiger partial charge in [-0.2, -0.15) is 0 Å². The SMILES string of the molecule is CCCCCC(=O)NC[C@H](NC)C(C)=O.CCCCCCCC(=O)NC[C@H](NC)C(C)=O.CCCCCCCCCC(=O)NC[C@H](NC)C(C)=O.CN[C@@H](CNC(=O)c1ccc2ccc3cccc4ccc1c2c34)C(C)=O.CN[C@@H](Cc1ccc(C(C)(C)C)cc1)C(C)=O. The van der Waals surface area contributed by atoms with E-state index in [0.29, 0.717) is 44.5 Å². The van der Waals surface area contributed by atoms with Gasteiger partial charge in [-0.15, -0.1) is 0 Å². The first-order valence-electron chi connectivity index (χ1n) is 34.5. The van der Waals surface area contributed by atoms with E-state index in [1.165, 1.54) is 106 Å². The lowest BCUT2D eigenvalue weighted by atomic mass is 9.86. The zero-order chi connectivity index (χ0) is 70.6. The first-order valence-corrected chi connectivity index (χ1v) is 34.5. The number of Topliss-reactive ketones (excluding diaryl/α,β-unsaturated/α-hetero) is 5. The molecule has 0 radical (unpaired) electrons. The van der Waals surface area contributed by atoms with Gasteiger partial charge in [0.15, 0.2) is 0 Å². The molecule has 5 rings (SSSR count). The van der Waals surface area contributed by atoms with Gasteiger partial charge in [0.2, 0.25) is 17.7 Å². The van der Waals surface area contributed by atoms with Crippen LogP contribution in [0, 0.1) is 0 Å². The number of carbonyl (C=O) groups is 9. The van der Waals surface area contributed by atoms with Crippen LogP contribution in [0.25, 0.3) is 32.3 Å². The van der Waals surface area contributed by atoms with E-state index in [1.54, 1.807) is 35.1 Å². The van der Waals surface area contributed by atoms with E-state index in [9.17, 15) is 43.2 Å². The molecule has 0 heterocycles. The summed E-state index contributed by atoms with van der Waals surface area (Å²) >= 11 is 0. The van der Waals surface area contributed by atoms with Gasteiger partial charge in [-0.05, 0) is 150 Å². The molecule has 94 heavy (non-hydrogen) atoms. The van der Waals surface area contributed by atoms with Crippen molar-refractivity contribution in [2.24, 2.45) is 0 Å². The Morgan fingerprint density at radius 1 is 0.362 bits per heavy atom. The number of likely N-dealkylation sites (N-methyl/N-ethyl adjacent to an activating group) is 5. The number of nitrogens with one attached hydrogen (secondary N) is 9. The fourth-order valence-electron chi connectivity index (χ4n) is 10.4. The lowest BCUT2D eigenvalue weighted by molar-refractivity contribution is -0.123. The van der Waals surface area contributed by atoms with Crippen LogP contribution in [0.2, 0.25) is 0 Å². The average molecular weight is 1300 g/mol. The minimum atomic E-state index is -0.376. The van der Waals surface area contributed by atoms with Gasteiger partial charge >= 0.3 is 0 Å². The summed E-state index contributed by atoms with van der Waals surface area (Å²) in [5, 5.41) is 32.5. The predicted octanol–water partition coefficient (Wildman–Crippen LogP) is 11.1. The van der Waals surface area contributed by atoms with Gasteiger partial charge in [-0.25, -0.2) is 0 Å². The van der Waals surface area contributed by atoms with Crippen LogP contribution in [0.5, 0.6) is 0 Å². The predicted molar refractivity (Wildman–Crippen MR) is 388 cm³/mol. The second kappa shape index (κ2) is 48.8. The van der Waals surface area contributed by atoms with Crippen molar-refractivity contribution in [3.8, 4) is 0 Å². The highest BCUT2D eigenvalue weighted by atomic mass is 16.2. The molecule has 5 aromatic rings. The Hall–Kier alpha value is -6.83. The van der Waals surface area contributed by atoms with E-state index in [2.05, 4.69) is 150 Å². The summed E-state index contributed by atoms with van der Waals surface area (Å²) in [6, 6.07) is 25.7. The van der Waals surface area contributed by atoms with E-state index < -0.39 is 0 Å². The zero-order valence-corrected chi connectivity index (χ0v) is 60.3. The summed E-state index contributed by atoms with van der Waals surface area (Å²) in [5.74, 6) is 0.309. The number of ketones is 5. The van der Waals surface area contributed by atoms with Crippen LogP contribution in [-0.2, 0) is 50.2 Å². The Kier molecular flexibility index (Phi) is 44.2. The second-order valence-corrected chi connectivity index (χ2v) is 25.5. The van der Waals surface area contributed by atoms with Crippen molar-refractivity contribution in [2.75, 3.05) is 61.4 Å². The average Bonchev–Trinajstić information content (AvgIpc) is 0.742. The van der Waals surface area contributed by atoms with Crippen LogP contribution in [0.15, 0.2) is 78.9 Å². The van der Waals surface area contributed by atoms with Crippen LogP contribution in [0.1, 0.15) is 213 Å². The smallest absolute Gasteiger partial charge is 0.251 e. The third kappa shape index (κ3) is 34.0. The molecule has 0 fully saturated rings. The molecule has 9 N–H and O–H groups in total. The molecule has 18 heteroatoms. The number of hydrogen-bond acceptors (Lipinski definition) is 14. The van der Waals surface area contributed by atoms with Gasteiger partial charge in [-0.3, -0.25) is 43.2 Å². The Morgan fingerprint density at radius 3 is 1.04 bits per heavy atom. The first-order chi connectivity index (χ1) is 44.8. The number of rotatable bonds is 39. The van der Waals surface area contributed by atoms with Gasteiger partial charge in [0.25, 0.3) is 5.91 Å². The molecule has 524 valence electrons. The number of hydrogen-bond donors (Lipinski definition) is 9. The summed E-state index contributed by atoms with van der Waals surface area (Å²) < 4.78 is 0. The molecule has 5 aromatic carbocycles. The largest absolute Gasteiger partial charge is 0.354 e. The highest BCUT2D eigenvalue weighted by molar-refractivity contribution is 6.26. The van der Waals surface area contributed by atoms with E-state index >= 15 is 0 Å². The van der Waals surface area contributed by atoms with Crippen molar-refractivity contribution in [3.63, 3.8) is 0 Å². The van der Waals surface area contributed by atoms with Crippen LogP contribution < -0.4 is 47.9 Å². The van der Waals surface area contributed by atoms with Crippen LogP contribution in [0.3, 0.4) is 0 Å². The number of unbranched alkanes of at least 4 members (excludes halogenated alkanes) is 12. The third-order valence-corrected chi connectivity index (χ3v) is 16.7. The summed E-state index contributed by atoms with van der Waals surface area (Å²) in [4.78, 5) is 103. The van der Waals surface area contributed by atoms with Gasteiger partial charge in [0.1, 0.15) is 28.9 Å². The summed E-state index contributed by atoms with van der Waals surface area (Å²) in [7, 11) is 8.72. The maximum absolute atomic E-state index is 12.8. The summed E-state index contributed by atoms with van der Waals surface area (Å²) in [6.45, 7) is 22.3. The molecule has 0 spiro atoms. The molecule has 0 unspecified atom stereocenters. The van der Waals surface area contributed by atoms with Crippen molar-refractivity contribution in [1.82, 2.24) is 47.9 Å². The van der Waals surface area contributed by atoms with E-state index in [-0.39, 0.29) is 94.7 Å². The molecule has 18 nitrogen and oxygen atoms in total. The standard InChI is InChI=1S/C22H20N2O2.C15H30N2O2.C15H23NO.C13H26N2O2.C11H22N2O2/c1-13(25)19(23-2)12-24-22(26)18-11-9-16-7-6-14-4-3-5-15-8-10-17(18)21(16)20(14)15;1-4-5-6-7-8-9-10-11-15(19)17-12-14(16-3)13(2)18;1-11(17)14(16-5)10-12-6-8-13(9-7-12)15(2,3)4;1-4-5-6-7-8-9-13(17)15-10-12(14-3)11(2)16;1-4-5-6-7-11(15)13-8-10(12-3)9(2)14/h3-11,19,23H,12H2,1-2H3,(H,24,26);14,16H,4-12H2,1-3H3,(H,17,19);6-9,14,16H,10H2,1-5H3;12,14H,4-10H2,1-3H3,(H,15,17);10,12H,4-8H2,1-3H3,(H,13,15)/t19-;2*14-;12-;10-/m00000/s1. The molecule has 5 atom stereocenters. The van der Waals surface area contributed by atoms with E-state index in [4.69, 9.17) is 0 Å². The zero-order valence-electron chi connectivity index (χ0n) is 60.3. The lowest BCUT2D eigenvalue weighted by Gasteiger charge is -2.19. The monoisotopic (exact) mass is 1300 g/mol. The van der Waals surface area contributed by atoms with Crippen LogP contribution in [0.4, 0.5) is 0 Å². The highest BCUT2D eigenvalue weighted by Gasteiger charge is 2.20. The Morgan fingerprint density at radius 2 is 0.681 bits per heavy atom. The molecule has 0 saturated heterocycles. The number of carbonyl (C=O) groups excluding carboxylic acids is 9. The van der Waals surface area contributed by atoms with Gasteiger partial charge in [-0.1, -0.05) is 191 Å². The van der Waals surface area contributed by atoms with Gasteiger partial charge < -0.3 is 47.9 Å². The molecule has 0 saturated carbocycles. The van der Waals surface area contributed by atoms with Crippen molar-refractivity contribution >= 4 is 84.9 Å². The van der Waals surface area contributed by atoms with Crippen molar-refractivity contribution in [1.29, 1.82) is 0 Å². The van der Waals surface area contributed by atoms with Gasteiger partial charge in [0.05, 0.1) is 30.2 Å². The molecule has 0 aliphatic carbocycles. The quantitative estimate of drug-likeness (QED) is 0.0131. The van der Waals surface area contributed by atoms with Crippen molar-refractivity contribution in [2.45, 2.75) is 234 Å². The fourth-order valence-corrected chi connectivity index (χ4v) is 10.4. The van der Waals surface area contributed by atoms with Crippen LogP contribution >= 0.6 is 0 Å². The molecular weight excluding hydrogens is 1180 g/mol. The normalized spacial score (nSPS) is 12.6. The van der Waals surface area contributed by atoms with Crippen molar-refractivity contribution in [3.05, 3.63) is 95.6 Å².